The third-order valence-electron chi connectivity index (χ3n) is 2.91. The van der Waals surface area contributed by atoms with Gasteiger partial charge in [-0.05, 0) is 46.0 Å². The largest absolute Gasteiger partial charge is 0.465 e. The van der Waals surface area contributed by atoms with Gasteiger partial charge >= 0.3 is 5.97 Å². The first-order valence-electron chi connectivity index (χ1n) is 5.98. The van der Waals surface area contributed by atoms with E-state index in [0.29, 0.717) is 10.2 Å². The molecule has 98 valence electrons. The van der Waals surface area contributed by atoms with E-state index in [1.165, 1.54) is 12.7 Å². The zero-order valence-electron chi connectivity index (χ0n) is 10.6. The predicted molar refractivity (Wildman–Crippen MR) is 77.1 cm³/mol. The van der Waals surface area contributed by atoms with Crippen molar-refractivity contribution in [3.8, 4) is 0 Å². The van der Waals surface area contributed by atoms with Crippen molar-refractivity contribution < 1.29 is 9.53 Å². The van der Waals surface area contributed by atoms with Crippen LogP contribution in [0.5, 0.6) is 0 Å². The molecular weight excluding hydrogens is 306 g/mol. The molecule has 0 aliphatic heterocycles. The van der Waals surface area contributed by atoms with Crippen LogP contribution in [-0.4, -0.2) is 18.1 Å². The van der Waals surface area contributed by atoms with E-state index in [2.05, 4.69) is 33.0 Å². The molecule has 1 aromatic carbocycles. The molecule has 19 heavy (non-hydrogen) atoms. The molecule has 0 atom stereocenters. The number of esters is 1. The van der Waals surface area contributed by atoms with Crippen molar-refractivity contribution in [2.75, 3.05) is 7.11 Å². The molecule has 0 saturated carbocycles. The summed E-state index contributed by atoms with van der Waals surface area (Å²) in [4.78, 5) is 15.9. The van der Waals surface area contributed by atoms with Crippen LogP contribution in [-0.2, 0) is 17.6 Å². The summed E-state index contributed by atoms with van der Waals surface area (Å²) in [5, 5.41) is 0. The Balaban J connectivity index is 2.21. The van der Waals surface area contributed by atoms with Crippen molar-refractivity contribution in [2.24, 2.45) is 0 Å². The summed E-state index contributed by atoms with van der Waals surface area (Å²) < 4.78 is 5.33. The summed E-state index contributed by atoms with van der Waals surface area (Å²) in [5.41, 5.74) is 2.70. The van der Waals surface area contributed by atoms with Gasteiger partial charge in [0.25, 0.3) is 0 Å². The molecule has 0 aliphatic rings. The zero-order chi connectivity index (χ0) is 13.7. The minimum atomic E-state index is -0.358. The highest BCUT2D eigenvalue weighted by molar-refractivity contribution is 9.10. The first-order chi connectivity index (χ1) is 9.22. The highest BCUT2D eigenvalue weighted by atomic mass is 79.9. The van der Waals surface area contributed by atoms with E-state index in [1.54, 1.807) is 6.20 Å². The van der Waals surface area contributed by atoms with Crippen LogP contribution < -0.4 is 0 Å². The average molecular weight is 320 g/mol. The van der Waals surface area contributed by atoms with Gasteiger partial charge in [0.2, 0.25) is 0 Å². The fourth-order valence-electron chi connectivity index (χ4n) is 1.92. The molecule has 0 N–H and O–H groups in total. The van der Waals surface area contributed by atoms with E-state index in [-0.39, 0.29) is 5.97 Å². The standard InChI is InChI=1S/C15H14BrNO2/c1-19-15(18)13-12(9-10-17-14(13)16)8-7-11-5-3-2-4-6-11/h2-6,9-10H,7-8H2,1H3. The van der Waals surface area contributed by atoms with E-state index in [0.717, 1.165) is 18.4 Å². The van der Waals surface area contributed by atoms with Crippen molar-refractivity contribution in [1.82, 2.24) is 4.98 Å². The number of aryl methyl sites for hydroxylation is 2. The van der Waals surface area contributed by atoms with Crippen molar-refractivity contribution in [1.29, 1.82) is 0 Å². The number of hydrogen-bond donors (Lipinski definition) is 0. The van der Waals surface area contributed by atoms with Crippen LogP contribution in [0.4, 0.5) is 0 Å². The van der Waals surface area contributed by atoms with Crippen molar-refractivity contribution in [3.05, 3.63) is 63.9 Å². The molecule has 0 aliphatic carbocycles. The summed E-state index contributed by atoms with van der Waals surface area (Å²) in [5.74, 6) is -0.358. The Bertz CT molecular complexity index is 570. The number of ether oxygens (including phenoxy) is 1. The van der Waals surface area contributed by atoms with Crippen LogP contribution in [0.3, 0.4) is 0 Å². The number of hydrogen-bond acceptors (Lipinski definition) is 3. The van der Waals surface area contributed by atoms with Gasteiger partial charge in [-0.1, -0.05) is 30.3 Å². The van der Waals surface area contributed by atoms with Crippen molar-refractivity contribution in [2.45, 2.75) is 12.8 Å². The molecule has 1 heterocycles. The van der Waals surface area contributed by atoms with Gasteiger partial charge in [-0.2, -0.15) is 0 Å². The van der Waals surface area contributed by atoms with Gasteiger partial charge in [-0.15, -0.1) is 0 Å². The number of aromatic nitrogens is 1. The number of benzene rings is 1. The first-order valence-corrected chi connectivity index (χ1v) is 6.77. The number of rotatable bonds is 4. The third kappa shape index (κ3) is 3.41. The molecule has 0 radical (unpaired) electrons. The minimum absolute atomic E-state index is 0.358. The quantitative estimate of drug-likeness (QED) is 0.640. The van der Waals surface area contributed by atoms with E-state index in [9.17, 15) is 4.79 Å². The number of methoxy groups -OCH3 is 1. The fraction of sp³-hybridized carbons (Fsp3) is 0.200. The van der Waals surface area contributed by atoms with Crippen LogP contribution in [0.25, 0.3) is 0 Å². The molecule has 0 spiro atoms. The smallest absolute Gasteiger partial charge is 0.340 e. The molecule has 2 rings (SSSR count). The van der Waals surface area contributed by atoms with E-state index >= 15 is 0 Å². The van der Waals surface area contributed by atoms with Gasteiger partial charge in [0, 0.05) is 6.20 Å². The molecule has 4 heteroatoms. The Hall–Kier alpha value is -1.68. The van der Waals surface area contributed by atoms with Gasteiger partial charge < -0.3 is 4.74 Å². The highest BCUT2D eigenvalue weighted by Gasteiger charge is 2.16. The number of halogens is 1. The molecule has 2 aromatic rings. The topological polar surface area (TPSA) is 39.2 Å². The minimum Gasteiger partial charge on any atom is -0.465 e. The monoisotopic (exact) mass is 319 g/mol. The lowest BCUT2D eigenvalue weighted by Crippen LogP contribution is -2.08. The van der Waals surface area contributed by atoms with Gasteiger partial charge in [-0.25, -0.2) is 9.78 Å². The lowest BCUT2D eigenvalue weighted by atomic mass is 10.0. The summed E-state index contributed by atoms with van der Waals surface area (Å²) in [6, 6.07) is 12.0. The highest BCUT2D eigenvalue weighted by Crippen LogP contribution is 2.20. The second-order valence-electron chi connectivity index (χ2n) is 4.11. The molecule has 0 bridgehead atoms. The molecular formula is C15H14BrNO2. The number of carbonyl (C=O) groups excluding carboxylic acids is 1. The second-order valence-corrected chi connectivity index (χ2v) is 4.86. The fourth-order valence-corrected chi connectivity index (χ4v) is 2.46. The van der Waals surface area contributed by atoms with E-state index < -0.39 is 0 Å². The Labute approximate surface area is 120 Å². The molecule has 0 fully saturated rings. The first kappa shape index (κ1) is 13.7. The lowest BCUT2D eigenvalue weighted by Gasteiger charge is -2.09. The second kappa shape index (κ2) is 6.48. The van der Waals surface area contributed by atoms with Crippen LogP contribution >= 0.6 is 15.9 Å². The number of carbonyl (C=O) groups is 1. The van der Waals surface area contributed by atoms with Gasteiger partial charge in [-0.3, -0.25) is 0 Å². The molecule has 0 saturated heterocycles. The van der Waals surface area contributed by atoms with E-state index in [4.69, 9.17) is 4.74 Å². The van der Waals surface area contributed by atoms with Crippen LogP contribution in [0.2, 0.25) is 0 Å². The number of pyridine rings is 1. The maximum absolute atomic E-state index is 11.8. The Morgan fingerprint density at radius 2 is 1.95 bits per heavy atom. The molecule has 1 aromatic heterocycles. The molecule has 3 nitrogen and oxygen atoms in total. The Morgan fingerprint density at radius 1 is 1.21 bits per heavy atom. The van der Waals surface area contributed by atoms with E-state index in [1.807, 2.05) is 24.3 Å². The zero-order valence-corrected chi connectivity index (χ0v) is 12.2. The third-order valence-corrected chi connectivity index (χ3v) is 3.51. The van der Waals surface area contributed by atoms with Crippen LogP contribution in [0.1, 0.15) is 21.5 Å². The van der Waals surface area contributed by atoms with Crippen molar-refractivity contribution in [3.63, 3.8) is 0 Å². The molecule has 0 unspecified atom stereocenters. The van der Waals surface area contributed by atoms with Gasteiger partial charge in [0.15, 0.2) is 0 Å². The summed E-state index contributed by atoms with van der Waals surface area (Å²) in [6.45, 7) is 0. The summed E-state index contributed by atoms with van der Waals surface area (Å²) in [7, 11) is 1.38. The normalized spacial score (nSPS) is 10.2. The SMILES string of the molecule is COC(=O)c1c(CCc2ccccc2)ccnc1Br. The number of nitrogens with zero attached hydrogens (tertiary/aromatic N) is 1. The Kier molecular flexibility index (Phi) is 4.68. The summed E-state index contributed by atoms with van der Waals surface area (Å²) in [6.07, 6.45) is 3.34. The van der Waals surface area contributed by atoms with Crippen LogP contribution in [0.15, 0.2) is 47.2 Å². The predicted octanol–water partition coefficient (Wildman–Crippen LogP) is 3.42. The summed E-state index contributed by atoms with van der Waals surface area (Å²) >= 11 is 3.30. The van der Waals surface area contributed by atoms with Crippen molar-refractivity contribution >= 4 is 21.9 Å². The molecule has 0 amide bonds. The maximum atomic E-state index is 11.8. The van der Waals surface area contributed by atoms with Gasteiger partial charge in [0.1, 0.15) is 4.60 Å². The average Bonchev–Trinajstić information content (AvgIpc) is 2.45. The lowest BCUT2D eigenvalue weighted by molar-refractivity contribution is 0.0598. The van der Waals surface area contributed by atoms with Crippen LogP contribution in [0, 0.1) is 0 Å². The van der Waals surface area contributed by atoms with Gasteiger partial charge in [0.05, 0.1) is 12.7 Å². The maximum Gasteiger partial charge on any atom is 0.340 e. The Morgan fingerprint density at radius 3 is 2.63 bits per heavy atom.